The Balaban J connectivity index is 1.94. The molecule has 0 bridgehead atoms. The van der Waals surface area contributed by atoms with Crippen molar-refractivity contribution >= 4 is 17.3 Å². The zero-order valence-electron chi connectivity index (χ0n) is 11.4. The van der Waals surface area contributed by atoms with Crippen molar-refractivity contribution in [2.24, 2.45) is 0 Å². The smallest absolute Gasteiger partial charge is 0.262 e. The van der Waals surface area contributed by atoms with Gasteiger partial charge in [0.2, 0.25) is 0 Å². The fraction of sp³-hybridized carbons (Fsp3) is 0.133. The lowest BCUT2D eigenvalue weighted by atomic mass is 10.2. The number of methoxy groups -OCH3 is 1. The Morgan fingerprint density at radius 2 is 1.95 bits per heavy atom. The molecule has 2 aromatic carbocycles. The van der Waals surface area contributed by atoms with E-state index in [-0.39, 0.29) is 18.3 Å². The molecule has 110 valence electrons. The van der Waals surface area contributed by atoms with Gasteiger partial charge in [-0.25, -0.2) is 4.39 Å². The average Bonchev–Trinajstić information content (AvgIpc) is 2.48. The largest absolute Gasteiger partial charge is 0.494 e. The van der Waals surface area contributed by atoms with Gasteiger partial charge in [-0.15, -0.1) is 0 Å². The van der Waals surface area contributed by atoms with Crippen molar-refractivity contribution in [2.45, 2.75) is 0 Å². The zero-order chi connectivity index (χ0) is 15.2. The second-order valence-corrected chi connectivity index (χ2v) is 4.25. The topological polar surface area (TPSA) is 73.6 Å². The molecular formula is C15H15FN2O3. The fourth-order valence-corrected chi connectivity index (χ4v) is 1.68. The van der Waals surface area contributed by atoms with E-state index in [0.29, 0.717) is 22.9 Å². The third-order valence-corrected chi connectivity index (χ3v) is 2.68. The highest BCUT2D eigenvalue weighted by molar-refractivity contribution is 5.93. The molecule has 2 aromatic rings. The minimum absolute atomic E-state index is 0.195. The van der Waals surface area contributed by atoms with Gasteiger partial charge in [0.25, 0.3) is 5.91 Å². The van der Waals surface area contributed by atoms with E-state index in [9.17, 15) is 9.18 Å². The van der Waals surface area contributed by atoms with E-state index in [1.54, 1.807) is 18.2 Å². The lowest BCUT2D eigenvalue weighted by Gasteiger charge is -2.11. The summed E-state index contributed by atoms with van der Waals surface area (Å²) >= 11 is 0. The van der Waals surface area contributed by atoms with Crippen LogP contribution in [0.2, 0.25) is 0 Å². The number of nitrogen functional groups attached to an aromatic ring is 1. The molecule has 0 saturated carbocycles. The van der Waals surface area contributed by atoms with Crippen LogP contribution < -0.4 is 20.5 Å². The summed E-state index contributed by atoms with van der Waals surface area (Å²) in [5.41, 5.74) is 6.67. The van der Waals surface area contributed by atoms with Crippen LogP contribution >= 0.6 is 0 Å². The van der Waals surface area contributed by atoms with Gasteiger partial charge in [0, 0.05) is 11.8 Å². The molecule has 0 fully saturated rings. The molecule has 0 spiro atoms. The van der Waals surface area contributed by atoms with Crippen LogP contribution in [0.3, 0.4) is 0 Å². The lowest BCUT2D eigenvalue weighted by Crippen LogP contribution is -2.20. The Kier molecular flexibility index (Phi) is 4.61. The molecular weight excluding hydrogens is 275 g/mol. The molecule has 3 N–H and O–H groups in total. The van der Waals surface area contributed by atoms with Gasteiger partial charge in [0.15, 0.2) is 6.61 Å². The first-order valence-corrected chi connectivity index (χ1v) is 6.20. The Labute approximate surface area is 121 Å². The van der Waals surface area contributed by atoms with Gasteiger partial charge >= 0.3 is 0 Å². The summed E-state index contributed by atoms with van der Waals surface area (Å²) in [5, 5.41) is 2.65. The van der Waals surface area contributed by atoms with Crippen LogP contribution in [-0.2, 0) is 4.79 Å². The van der Waals surface area contributed by atoms with Gasteiger partial charge in [0.1, 0.15) is 17.3 Å². The number of benzene rings is 2. The van der Waals surface area contributed by atoms with E-state index in [1.807, 2.05) is 0 Å². The van der Waals surface area contributed by atoms with Crippen LogP contribution in [-0.4, -0.2) is 19.6 Å². The molecule has 0 aromatic heterocycles. The number of hydrogen-bond donors (Lipinski definition) is 2. The summed E-state index contributed by atoms with van der Waals surface area (Å²) in [6, 6.07) is 10.3. The maximum atomic E-state index is 12.7. The van der Waals surface area contributed by atoms with Crippen molar-refractivity contribution in [3.63, 3.8) is 0 Å². The van der Waals surface area contributed by atoms with E-state index in [2.05, 4.69) is 5.32 Å². The maximum Gasteiger partial charge on any atom is 0.262 e. The average molecular weight is 290 g/mol. The fourth-order valence-electron chi connectivity index (χ4n) is 1.68. The van der Waals surface area contributed by atoms with Crippen molar-refractivity contribution in [1.82, 2.24) is 0 Å². The van der Waals surface area contributed by atoms with Crippen LogP contribution in [0.5, 0.6) is 11.5 Å². The Bertz CT molecular complexity index is 629. The second kappa shape index (κ2) is 6.60. The maximum absolute atomic E-state index is 12.7. The van der Waals surface area contributed by atoms with Gasteiger partial charge in [-0.05, 0) is 36.4 Å². The van der Waals surface area contributed by atoms with Gasteiger partial charge in [0.05, 0.1) is 12.8 Å². The van der Waals surface area contributed by atoms with Crippen molar-refractivity contribution in [3.05, 3.63) is 48.3 Å². The number of halogens is 1. The quantitative estimate of drug-likeness (QED) is 0.829. The minimum Gasteiger partial charge on any atom is -0.494 e. The molecule has 2 rings (SSSR count). The van der Waals surface area contributed by atoms with Crippen LogP contribution in [0.4, 0.5) is 15.8 Å². The summed E-state index contributed by atoms with van der Waals surface area (Å²) in [5.74, 6) is 0.154. The summed E-state index contributed by atoms with van der Waals surface area (Å²) in [6.07, 6.45) is 0. The normalized spacial score (nSPS) is 10.0. The molecule has 0 aliphatic rings. The Morgan fingerprint density at radius 1 is 1.24 bits per heavy atom. The monoisotopic (exact) mass is 290 g/mol. The molecule has 0 radical (unpaired) electrons. The van der Waals surface area contributed by atoms with E-state index in [4.69, 9.17) is 15.2 Å². The molecule has 1 amide bonds. The summed E-state index contributed by atoms with van der Waals surface area (Å²) in [6.45, 7) is -0.195. The highest BCUT2D eigenvalue weighted by atomic mass is 19.1. The Hall–Kier alpha value is -2.76. The Morgan fingerprint density at radius 3 is 2.62 bits per heavy atom. The van der Waals surface area contributed by atoms with Crippen LogP contribution in [0.15, 0.2) is 42.5 Å². The number of ether oxygens (including phenoxy) is 2. The zero-order valence-corrected chi connectivity index (χ0v) is 11.4. The lowest BCUT2D eigenvalue weighted by molar-refractivity contribution is -0.118. The van der Waals surface area contributed by atoms with Crippen LogP contribution in [0, 0.1) is 5.82 Å². The number of anilines is 2. The highest BCUT2D eigenvalue weighted by Crippen LogP contribution is 2.26. The number of amides is 1. The summed E-state index contributed by atoms with van der Waals surface area (Å²) in [4.78, 5) is 11.8. The molecule has 5 nitrogen and oxygen atoms in total. The number of nitrogens with two attached hydrogens (primary N) is 1. The van der Waals surface area contributed by atoms with E-state index >= 15 is 0 Å². The van der Waals surface area contributed by atoms with Crippen molar-refractivity contribution in [3.8, 4) is 11.5 Å². The molecule has 0 heterocycles. The van der Waals surface area contributed by atoms with Gasteiger partial charge in [-0.2, -0.15) is 0 Å². The first kappa shape index (κ1) is 14.6. The first-order valence-electron chi connectivity index (χ1n) is 6.20. The van der Waals surface area contributed by atoms with E-state index in [0.717, 1.165) is 0 Å². The third kappa shape index (κ3) is 4.10. The van der Waals surface area contributed by atoms with Crippen molar-refractivity contribution in [2.75, 3.05) is 24.8 Å². The predicted octanol–water partition coefficient (Wildman–Crippen LogP) is 2.43. The van der Waals surface area contributed by atoms with Crippen molar-refractivity contribution in [1.29, 1.82) is 0 Å². The molecule has 21 heavy (non-hydrogen) atoms. The van der Waals surface area contributed by atoms with E-state index < -0.39 is 0 Å². The molecule has 6 heteroatoms. The highest BCUT2D eigenvalue weighted by Gasteiger charge is 2.08. The number of carbonyl (C=O) groups is 1. The molecule has 0 saturated heterocycles. The molecule has 0 aliphatic heterocycles. The summed E-state index contributed by atoms with van der Waals surface area (Å²) in [7, 11) is 1.49. The van der Waals surface area contributed by atoms with Gasteiger partial charge < -0.3 is 20.5 Å². The second-order valence-electron chi connectivity index (χ2n) is 4.25. The van der Waals surface area contributed by atoms with E-state index in [1.165, 1.54) is 31.4 Å². The van der Waals surface area contributed by atoms with Crippen LogP contribution in [0.25, 0.3) is 0 Å². The molecule has 0 aliphatic carbocycles. The van der Waals surface area contributed by atoms with Gasteiger partial charge in [-0.1, -0.05) is 0 Å². The number of hydrogen-bond acceptors (Lipinski definition) is 4. The number of carbonyl (C=O) groups excluding carboxylic acids is 1. The molecule has 0 unspecified atom stereocenters. The minimum atomic E-state index is -0.363. The molecule has 0 atom stereocenters. The number of rotatable bonds is 5. The summed E-state index contributed by atoms with van der Waals surface area (Å²) < 4.78 is 23.1. The van der Waals surface area contributed by atoms with Crippen molar-refractivity contribution < 1.29 is 18.7 Å². The number of nitrogens with one attached hydrogen (secondary N) is 1. The van der Waals surface area contributed by atoms with Crippen LogP contribution in [0.1, 0.15) is 0 Å². The first-order chi connectivity index (χ1) is 10.1. The predicted molar refractivity (Wildman–Crippen MR) is 77.9 cm³/mol. The SMILES string of the molecule is COc1cc(N)ccc1NC(=O)COc1ccc(F)cc1. The third-order valence-electron chi connectivity index (χ3n) is 2.68. The van der Waals surface area contributed by atoms with Gasteiger partial charge in [-0.3, -0.25) is 4.79 Å². The standard InChI is InChI=1S/C15H15FN2O3/c1-20-14-8-11(17)4-7-13(14)18-15(19)9-21-12-5-2-10(16)3-6-12/h2-8H,9,17H2,1H3,(H,18,19).